The first-order valence-corrected chi connectivity index (χ1v) is 13.2. The third kappa shape index (κ3) is 8.37. The van der Waals surface area contributed by atoms with Crippen LogP contribution >= 0.6 is 0 Å². The maximum absolute atomic E-state index is 13.6. The fourth-order valence-electron chi connectivity index (χ4n) is 4.60. The molecule has 0 saturated heterocycles. The molecule has 0 saturated carbocycles. The van der Waals surface area contributed by atoms with Crippen molar-refractivity contribution in [3.05, 3.63) is 47.0 Å². The molecule has 2 aromatic carbocycles. The van der Waals surface area contributed by atoms with Crippen molar-refractivity contribution in [2.75, 3.05) is 13.1 Å². The smallest absolute Gasteiger partial charge is 0.337 e. The molecule has 6 nitrogen and oxygen atoms in total. The number of carbonyl (C=O) groups is 3. The van der Waals surface area contributed by atoms with Gasteiger partial charge in [0.2, 0.25) is 0 Å². The average Bonchev–Trinajstić information content (AvgIpc) is 2.85. The van der Waals surface area contributed by atoms with Crippen LogP contribution in [-0.2, 0) is 0 Å². The van der Waals surface area contributed by atoms with Gasteiger partial charge in [-0.25, -0.2) is 9.59 Å². The third-order valence-electron chi connectivity index (χ3n) is 6.59. The molecule has 0 unspecified atom stereocenters. The van der Waals surface area contributed by atoms with E-state index < -0.39 is 11.9 Å². The lowest BCUT2D eigenvalue weighted by atomic mass is 9.95. The second-order valence-electron chi connectivity index (χ2n) is 9.33. The van der Waals surface area contributed by atoms with E-state index in [9.17, 15) is 24.6 Å². The second kappa shape index (κ2) is 15.2. The highest BCUT2D eigenvalue weighted by atomic mass is 16.4. The van der Waals surface area contributed by atoms with Crippen LogP contribution in [-0.4, -0.2) is 46.0 Å². The molecule has 0 radical (unpaired) electrons. The molecule has 0 bridgehead atoms. The fourth-order valence-corrected chi connectivity index (χ4v) is 4.60. The molecular weight excluding hydrogens is 442 g/mol. The SMILES string of the molecule is CCCCCCCCN(CCCCCCCC)C(=O)c1ccc2c(C(=O)O)cccc2c1C(=O)O. The largest absolute Gasteiger partial charge is 0.478 e. The van der Waals surface area contributed by atoms with Crippen molar-refractivity contribution in [3.8, 4) is 0 Å². The van der Waals surface area contributed by atoms with Crippen molar-refractivity contribution in [1.29, 1.82) is 0 Å². The highest BCUT2D eigenvalue weighted by Crippen LogP contribution is 2.27. The van der Waals surface area contributed by atoms with Crippen LogP contribution in [0.5, 0.6) is 0 Å². The summed E-state index contributed by atoms with van der Waals surface area (Å²) in [4.78, 5) is 39.3. The normalized spacial score (nSPS) is 11.0. The lowest BCUT2D eigenvalue weighted by molar-refractivity contribution is 0.0673. The van der Waals surface area contributed by atoms with Gasteiger partial charge in [0.1, 0.15) is 0 Å². The summed E-state index contributed by atoms with van der Waals surface area (Å²) in [5, 5.41) is 20.1. The Kier molecular flexibility index (Phi) is 12.3. The van der Waals surface area contributed by atoms with E-state index in [1.54, 1.807) is 17.0 Å². The van der Waals surface area contributed by atoms with Crippen molar-refractivity contribution in [2.24, 2.45) is 0 Å². The molecule has 0 fully saturated rings. The molecule has 192 valence electrons. The molecule has 2 aromatic rings. The zero-order chi connectivity index (χ0) is 25.6. The Hall–Kier alpha value is -2.89. The predicted octanol–water partition coefficient (Wildman–Crippen LogP) is 7.40. The quantitative estimate of drug-likeness (QED) is 0.229. The van der Waals surface area contributed by atoms with E-state index >= 15 is 0 Å². The number of hydrogen-bond acceptors (Lipinski definition) is 3. The van der Waals surface area contributed by atoms with Crippen LogP contribution < -0.4 is 0 Å². The maximum Gasteiger partial charge on any atom is 0.337 e. The van der Waals surface area contributed by atoms with Crippen molar-refractivity contribution in [2.45, 2.75) is 90.9 Å². The minimum Gasteiger partial charge on any atom is -0.478 e. The van der Waals surface area contributed by atoms with Gasteiger partial charge in [0.25, 0.3) is 5.91 Å². The number of carboxylic acid groups (broad SMARTS) is 2. The highest BCUT2D eigenvalue weighted by Gasteiger charge is 2.25. The number of rotatable bonds is 17. The van der Waals surface area contributed by atoms with Gasteiger partial charge in [-0.3, -0.25) is 4.79 Å². The van der Waals surface area contributed by atoms with Gasteiger partial charge in [0.05, 0.1) is 16.7 Å². The Morgan fingerprint density at radius 1 is 0.629 bits per heavy atom. The van der Waals surface area contributed by atoms with Gasteiger partial charge in [-0.15, -0.1) is 0 Å². The Bertz CT molecular complexity index is 968. The summed E-state index contributed by atoms with van der Waals surface area (Å²) >= 11 is 0. The number of fused-ring (bicyclic) bond motifs is 1. The molecule has 0 aromatic heterocycles. The van der Waals surface area contributed by atoms with Gasteiger partial charge in [-0.05, 0) is 35.7 Å². The third-order valence-corrected chi connectivity index (χ3v) is 6.59. The number of aromatic carboxylic acids is 2. The molecule has 0 aliphatic carbocycles. The first-order chi connectivity index (χ1) is 16.9. The Morgan fingerprint density at radius 3 is 1.69 bits per heavy atom. The van der Waals surface area contributed by atoms with Gasteiger partial charge < -0.3 is 15.1 Å². The molecule has 6 heteroatoms. The molecule has 0 spiro atoms. The standard InChI is InChI=1S/C29H41NO5/c1-3-5-7-9-11-13-20-30(21-14-12-10-8-6-4-2)27(31)25-19-18-22-23(26(25)29(34)35)16-15-17-24(22)28(32)33/h15-19H,3-14,20-21H2,1-2H3,(H,32,33)(H,34,35). The average molecular weight is 484 g/mol. The lowest BCUT2D eigenvalue weighted by Gasteiger charge is -2.24. The molecule has 1 amide bonds. The van der Waals surface area contributed by atoms with Crippen LogP contribution in [0, 0.1) is 0 Å². The highest BCUT2D eigenvalue weighted by molar-refractivity contribution is 6.16. The van der Waals surface area contributed by atoms with E-state index in [-0.39, 0.29) is 28.0 Å². The van der Waals surface area contributed by atoms with Crippen LogP contribution in [0.25, 0.3) is 10.8 Å². The fraction of sp³-hybridized carbons (Fsp3) is 0.552. The van der Waals surface area contributed by atoms with E-state index in [4.69, 9.17) is 0 Å². The Balaban J connectivity index is 2.26. The van der Waals surface area contributed by atoms with Crippen molar-refractivity contribution >= 4 is 28.6 Å². The Morgan fingerprint density at radius 2 is 1.17 bits per heavy atom. The van der Waals surface area contributed by atoms with Crippen molar-refractivity contribution in [1.82, 2.24) is 4.90 Å². The van der Waals surface area contributed by atoms with E-state index in [1.807, 2.05) is 0 Å². The monoisotopic (exact) mass is 483 g/mol. The van der Waals surface area contributed by atoms with Crippen LogP contribution in [0.1, 0.15) is 122 Å². The molecule has 0 aliphatic rings. The number of nitrogens with zero attached hydrogens (tertiary/aromatic N) is 1. The van der Waals surface area contributed by atoms with Crippen molar-refractivity contribution in [3.63, 3.8) is 0 Å². The molecule has 0 atom stereocenters. The number of unbranched alkanes of at least 4 members (excludes halogenated alkanes) is 10. The molecule has 2 rings (SSSR count). The van der Waals surface area contributed by atoms with Crippen LogP contribution in [0.3, 0.4) is 0 Å². The second-order valence-corrected chi connectivity index (χ2v) is 9.33. The number of hydrogen-bond donors (Lipinski definition) is 2. The number of carboxylic acids is 2. The summed E-state index contributed by atoms with van der Waals surface area (Å²) in [5.41, 5.74) is 0.0380. The number of amides is 1. The zero-order valence-electron chi connectivity index (χ0n) is 21.4. The van der Waals surface area contributed by atoms with Gasteiger partial charge in [-0.1, -0.05) is 96.3 Å². The first kappa shape index (κ1) is 28.3. The molecule has 0 aliphatic heterocycles. The summed E-state index contributed by atoms with van der Waals surface area (Å²) in [6.07, 6.45) is 13.4. The molecule has 35 heavy (non-hydrogen) atoms. The minimum atomic E-state index is -1.22. The van der Waals surface area contributed by atoms with Gasteiger partial charge in [-0.2, -0.15) is 0 Å². The number of carbonyl (C=O) groups excluding carboxylic acids is 1. The maximum atomic E-state index is 13.6. The summed E-state index contributed by atoms with van der Waals surface area (Å²) < 4.78 is 0. The number of benzene rings is 2. The summed E-state index contributed by atoms with van der Waals surface area (Å²) in [5.74, 6) is -2.63. The minimum absolute atomic E-state index is 0.0278. The topological polar surface area (TPSA) is 94.9 Å². The van der Waals surface area contributed by atoms with E-state index in [0.717, 1.165) is 38.5 Å². The van der Waals surface area contributed by atoms with Crippen LogP contribution in [0.4, 0.5) is 0 Å². The zero-order valence-corrected chi connectivity index (χ0v) is 21.4. The van der Waals surface area contributed by atoms with Crippen molar-refractivity contribution < 1.29 is 24.6 Å². The van der Waals surface area contributed by atoms with E-state index in [2.05, 4.69) is 13.8 Å². The summed E-state index contributed by atoms with van der Waals surface area (Å²) in [6, 6.07) is 7.59. The van der Waals surface area contributed by atoms with Gasteiger partial charge >= 0.3 is 11.9 Å². The molecule has 0 heterocycles. The molecule has 2 N–H and O–H groups in total. The predicted molar refractivity (Wildman–Crippen MR) is 141 cm³/mol. The van der Waals surface area contributed by atoms with Gasteiger partial charge in [0, 0.05) is 13.1 Å². The molecular formula is C29H41NO5. The first-order valence-electron chi connectivity index (χ1n) is 13.2. The van der Waals surface area contributed by atoms with Gasteiger partial charge in [0.15, 0.2) is 0 Å². The van der Waals surface area contributed by atoms with Crippen LogP contribution in [0.2, 0.25) is 0 Å². The van der Waals surface area contributed by atoms with E-state index in [0.29, 0.717) is 18.5 Å². The summed E-state index contributed by atoms with van der Waals surface area (Å²) in [7, 11) is 0. The van der Waals surface area contributed by atoms with E-state index in [1.165, 1.54) is 56.7 Å². The lowest BCUT2D eigenvalue weighted by Crippen LogP contribution is -2.34. The van der Waals surface area contributed by atoms with Crippen LogP contribution in [0.15, 0.2) is 30.3 Å². The summed E-state index contributed by atoms with van der Waals surface area (Å²) in [6.45, 7) is 5.58. The Labute approximate surface area is 209 Å².